The maximum atomic E-state index is 13.1. The molecule has 34 heavy (non-hydrogen) atoms. The number of halogens is 1. The van der Waals surface area contributed by atoms with Crippen LogP contribution in [-0.2, 0) is 21.9 Å². The van der Waals surface area contributed by atoms with E-state index in [4.69, 9.17) is 11.6 Å². The van der Waals surface area contributed by atoms with E-state index in [0.29, 0.717) is 30.4 Å². The first-order valence-electron chi connectivity index (χ1n) is 11.3. The quantitative estimate of drug-likeness (QED) is 0.545. The molecule has 1 N–H and O–H groups in total. The molecule has 176 valence electrons. The molecule has 2 atom stereocenters. The number of nitrogens with zero attached hydrogens (tertiary/aromatic N) is 4. The topological polar surface area (TPSA) is 70.5 Å². The van der Waals surface area contributed by atoms with Crippen LogP contribution in [0.2, 0.25) is 5.02 Å². The number of thioether (sulfide) groups is 1. The number of amides is 2. The lowest BCUT2D eigenvalue weighted by atomic mass is 10.0. The van der Waals surface area contributed by atoms with Gasteiger partial charge in [-0.3, -0.25) is 14.5 Å². The minimum atomic E-state index is -0.458. The molecule has 9 heteroatoms. The summed E-state index contributed by atoms with van der Waals surface area (Å²) in [5, 5.41) is 8.07. The summed E-state index contributed by atoms with van der Waals surface area (Å²) in [5.41, 5.74) is 3.16. The van der Waals surface area contributed by atoms with Crippen LogP contribution in [-0.4, -0.2) is 68.9 Å². The molecule has 7 nitrogen and oxygen atoms in total. The highest BCUT2D eigenvalue weighted by Gasteiger charge is 2.43. The number of piperazine rings is 2. The van der Waals surface area contributed by atoms with E-state index in [-0.39, 0.29) is 11.8 Å². The SMILES string of the molecule is O=C1N[C@@H](CSCc2ccccc2)C(=O)N2CCN(Cc3cnn(-c4cccc(Cl)c4)c3)C[C@H]12. The summed E-state index contributed by atoms with van der Waals surface area (Å²) < 4.78 is 1.80. The third kappa shape index (κ3) is 5.14. The van der Waals surface area contributed by atoms with Crippen molar-refractivity contribution >= 4 is 35.2 Å². The fourth-order valence-corrected chi connectivity index (χ4v) is 5.63. The molecule has 2 fully saturated rings. The fourth-order valence-electron chi connectivity index (χ4n) is 4.44. The molecule has 0 unspecified atom stereocenters. The number of nitrogens with one attached hydrogen (secondary N) is 1. The third-order valence-corrected chi connectivity index (χ3v) is 7.52. The normalized spacial score (nSPS) is 20.8. The van der Waals surface area contributed by atoms with Gasteiger partial charge in [0.15, 0.2) is 0 Å². The van der Waals surface area contributed by atoms with Crippen molar-refractivity contribution in [1.82, 2.24) is 24.9 Å². The summed E-state index contributed by atoms with van der Waals surface area (Å²) in [7, 11) is 0. The zero-order chi connectivity index (χ0) is 23.5. The lowest BCUT2D eigenvalue weighted by Crippen LogP contribution is -2.69. The molecule has 2 amide bonds. The van der Waals surface area contributed by atoms with Gasteiger partial charge in [-0.15, -0.1) is 0 Å². The lowest BCUT2D eigenvalue weighted by Gasteiger charge is -2.45. The molecular weight excluding hydrogens is 470 g/mol. The lowest BCUT2D eigenvalue weighted by molar-refractivity contribution is -0.152. The Labute approximate surface area is 208 Å². The summed E-state index contributed by atoms with van der Waals surface area (Å²) in [5.74, 6) is 1.36. The maximum absolute atomic E-state index is 13.1. The molecule has 2 aliphatic heterocycles. The largest absolute Gasteiger partial charge is 0.342 e. The second-order valence-electron chi connectivity index (χ2n) is 8.62. The number of hydrogen-bond acceptors (Lipinski definition) is 5. The number of carbonyl (C=O) groups is 2. The van der Waals surface area contributed by atoms with Gasteiger partial charge in [0.2, 0.25) is 11.8 Å². The van der Waals surface area contributed by atoms with Gasteiger partial charge in [-0.25, -0.2) is 4.68 Å². The first-order valence-corrected chi connectivity index (χ1v) is 12.8. The summed E-state index contributed by atoms with van der Waals surface area (Å²) >= 11 is 7.76. The molecule has 0 radical (unpaired) electrons. The number of fused-ring (bicyclic) bond motifs is 1. The van der Waals surface area contributed by atoms with Crippen molar-refractivity contribution < 1.29 is 9.59 Å². The number of hydrogen-bond donors (Lipinski definition) is 1. The van der Waals surface area contributed by atoms with E-state index >= 15 is 0 Å². The molecule has 3 heterocycles. The Morgan fingerprint density at radius 3 is 2.74 bits per heavy atom. The fraction of sp³-hybridized carbons (Fsp3) is 0.320. The van der Waals surface area contributed by atoms with Gasteiger partial charge in [0.1, 0.15) is 12.1 Å². The van der Waals surface area contributed by atoms with Gasteiger partial charge in [-0.1, -0.05) is 48.0 Å². The molecule has 2 aromatic carbocycles. The average molecular weight is 496 g/mol. The molecule has 2 saturated heterocycles. The summed E-state index contributed by atoms with van der Waals surface area (Å²) in [6.07, 6.45) is 3.81. The second kappa shape index (κ2) is 10.2. The molecule has 3 aromatic rings. The summed E-state index contributed by atoms with van der Waals surface area (Å²) in [4.78, 5) is 29.9. The van der Waals surface area contributed by atoms with Gasteiger partial charge in [-0.2, -0.15) is 16.9 Å². The standard InChI is InChI=1S/C25H26ClN5O2S/c26-20-7-4-8-21(11-20)31-14-19(12-27-31)13-29-9-10-30-23(15-29)24(32)28-22(25(30)33)17-34-16-18-5-2-1-3-6-18/h1-8,11-12,14,22-23H,9-10,13,15-17H2,(H,28,32)/t22-,23+/m0/s1. The van der Waals surface area contributed by atoms with Gasteiger partial charge in [0.05, 0.1) is 11.9 Å². The Bertz CT molecular complexity index is 1170. The van der Waals surface area contributed by atoms with Gasteiger partial charge in [0, 0.05) is 54.5 Å². The smallest absolute Gasteiger partial charge is 0.246 e. The average Bonchev–Trinajstić information content (AvgIpc) is 3.31. The van der Waals surface area contributed by atoms with Gasteiger partial charge < -0.3 is 10.2 Å². The zero-order valence-electron chi connectivity index (χ0n) is 18.6. The van der Waals surface area contributed by atoms with Crippen LogP contribution in [0.4, 0.5) is 0 Å². The van der Waals surface area contributed by atoms with Crippen molar-refractivity contribution in [3.8, 4) is 5.69 Å². The molecular formula is C25H26ClN5O2S. The van der Waals surface area contributed by atoms with Crippen LogP contribution < -0.4 is 5.32 Å². The van der Waals surface area contributed by atoms with Crippen LogP contribution in [0.15, 0.2) is 67.0 Å². The highest BCUT2D eigenvalue weighted by Crippen LogP contribution is 2.22. The molecule has 0 spiro atoms. The zero-order valence-corrected chi connectivity index (χ0v) is 20.2. The van der Waals surface area contributed by atoms with Crippen LogP contribution in [0, 0.1) is 0 Å². The maximum Gasteiger partial charge on any atom is 0.246 e. The van der Waals surface area contributed by atoms with Crippen molar-refractivity contribution in [3.05, 3.63) is 83.1 Å². The van der Waals surface area contributed by atoms with Crippen molar-refractivity contribution in [2.24, 2.45) is 0 Å². The molecule has 5 rings (SSSR count). The van der Waals surface area contributed by atoms with Gasteiger partial charge in [-0.05, 0) is 23.8 Å². The van der Waals surface area contributed by atoms with Crippen LogP contribution in [0.1, 0.15) is 11.1 Å². The summed E-state index contributed by atoms with van der Waals surface area (Å²) in [6, 6.07) is 16.8. The Balaban J connectivity index is 1.16. The van der Waals surface area contributed by atoms with E-state index in [1.54, 1.807) is 21.3 Å². The Morgan fingerprint density at radius 2 is 1.91 bits per heavy atom. The Kier molecular flexibility index (Phi) is 6.89. The predicted molar refractivity (Wildman–Crippen MR) is 134 cm³/mol. The first kappa shape index (κ1) is 23.0. The second-order valence-corrected chi connectivity index (χ2v) is 10.1. The third-order valence-electron chi connectivity index (χ3n) is 6.18. The molecule has 0 saturated carbocycles. The van der Waals surface area contributed by atoms with E-state index in [1.165, 1.54) is 5.56 Å². The van der Waals surface area contributed by atoms with Crippen molar-refractivity contribution in [2.45, 2.75) is 24.4 Å². The van der Waals surface area contributed by atoms with Crippen LogP contribution in [0.25, 0.3) is 5.69 Å². The molecule has 0 aliphatic carbocycles. The van der Waals surface area contributed by atoms with Crippen molar-refractivity contribution in [3.63, 3.8) is 0 Å². The highest BCUT2D eigenvalue weighted by atomic mass is 35.5. The predicted octanol–water partition coefficient (Wildman–Crippen LogP) is 2.97. The molecule has 1 aromatic heterocycles. The van der Waals surface area contributed by atoms with Gasteiger partial charge >= 0.3 is 0 Å². The Morgan fingerprint density at radius 1 is 1.06 bits per heavy atom. The minimum Gasteiger partial charge on any atom is -0.342 e. The van der Waals surface area contributed by atoms with Crippen LogP contribution >= 0.6 is 23.4 Å². The van der Waals surface area contributed by atoms with E-state index < -0.39 is 12.1 Å². The van der Waals surface area contributed by atoms with Crippen molar-refractivity contribution in [1.29, 1.82) is 0 Å². The van der Waals surface area contributed by atoms with E-state index in [2.05, 4.69) is 27.4 Å². The number of benzene rings is 2. The molecule has 0 bridgehead atoms. The number of rotatable bonds is 7. The van der Waals surface area contributed by atoms with E-state index in [9.17, 15) is 9.59 Å². The van der Waals surface area contributed by atoms with Crippen LogP contribution in [0.3, 0.4) is 0 Å². The van der Waals surface area contributed by atoms with E-state index in [0.717, 1.165) is 23.5 Å². The van der Waals surface area contributed by atoms with E-state index in [1.807, 2.05) is 54.9 Å². The first-order chi connectivity index (χ1) is 16.6. The Hall–Kier alpha value is -2.81. The number of carbonyl (C=O) groups excluding carboxylic acids is 2. The van der Waals surface area contributed by atoms with Crippen LogP contribution in [0.5, 0.6) is 0 Å². The van der Waals surface area contributed by atoms with Crippen molar-refractivity contribution in [2.75, 3.05) is 25.4 Å². The minimum absolute atomic E-state index is 0.0265. The van der Waals surface area contributed by atoms with Gasteiger partial charge in [0.25, 0.3) is 0 Å². The monoisotopic (exact) mass is 495 g/mol. The number of aromatic nitrogens is 2. The molecule has 2 aliphatic rings. The summed E-state index contributed by atoms with van der Waals surface area (Å²) in [6.45, 7) is 2.47. The highest BCUT2D eigenvalue weighted by molar-refractivity contribution is 7.98.